The standard InChI is InChI=1S/C8H7NS.C5H10O2/c1-6-9-7-4-2-3-5-8(7)10-6;1-5(2,3)7-4-6/h2-5H,1H3;4H,1-3H3. The quantitative estimate of drug-likeness (QED) is 0.727. The lowest BCUT2D eigenvalue weighted by atomic mass is 10.2. The van der Waals surface area contributed by atoms with E-state index in [1.54, 1.807) is 11.3 Å². The van der Waals surface area contributed by atoms with Crippen LogP contribution in [0.3, 0.4) is 0 Å². The highest BCUT2D eigenvalue weighted by Crippen LogP contribution is 2.19. The Morgan fingerprint density at radius 3 is 2.41 bits per heavy atom. The first kappa shape index (κ1) is 13.6. The molecular weight excluding hydrogens is 234 g/mol. The van der Waals surface area contributed by atoms with Crippen LogP contribution in [-0.2, 0) is 9.53 Å². The van der Waals surface area contributed by atoms with E-state index in [2.05, 4.69) is 15.8 Å². The van der Waals surface area contributed by atoms with Gasteiger partial charge in [-0.1, -0.05) is 12.1 Å². The minimum absolute atomic E-state index is 0.318. The Balaban J connectivity index is 0.000000185. The molecule has 0 spiro atoms. The maximum atomic E-state index is 9.60. The molecule has 2 aromatic rings. The van der Waals surface area contributed by atoms with E-state index in [1.807, 2.05) is 45.9 Å². The van der Waals surface area contributed by atoms with Gasteiger partial charge in [0.05, 0.1) is 15.2 Å². The molecule has 0 radical (unpaired) electrons. The van der Waals surface area contributed by atoms with Gasteiger partial charge in [-0.3, -0.25) is 4.79 Å². The second kappa shape index (κ2) is 5.77. The Bertz CT molecular complexity index is 452. The number of rotatable bonds is 1. The smallest absolute Gasteiger partial charge is 0.293 e. The first-order valence-corrected chi connectivity index (χ1v) is 6.17. The Labute approximate surface area is 105 Å². The number of aryl methyl sites for hydroxylation is 1. The van der Waals surface area contributed by atoms with Gasteiger partial charge in [0.2, 0.25) is 0 Å². The Hall–Kier alpha value is -1.42. The van der Waals surface area contributed by atoms with E-state index in [4.69, 9.17) is 0 Å². The van der Waals surface area contributed by atoms with Gasteiger partial charge in [-0.25, -0.2) is 4.98 Å². The fourth-order valence-electron chi connectivity index (χ4n) is 1.13. The summed E-state index contributed by atoms with van der Waals surface area (Å²) in [5.41, 5.74) is 0.798. The molecule has 0 saturated carbocycles. The van der Waals surface area contributed by atoms with Crippen molar-refractivity contribution in [2.45, 2.75) is 33.3 Å². The largest absolute Gasteiger partial charge is 0.462 e. The molecule has 1 aromatic heterocycles. The minimum atomic E-state index is -0.318. The predicted octanol–water partition coefficient (Wildman–Crippen LogP) is 3.56. The summed E-state index contributed by atoms with van der Waals surface area (Å²) in [7, 11) is 0. The fourth-order valence-corrected chi connectivity index (χ4v) is 1.96. The molecular formula is C13H17NO2S. The molecule has 1 aromatic carbocycles. The van der Waals surface area contributed by atoms with Crippen molar-refractivity contribution < 1.29 is 9.53 Å². The third kappa shape index (κ3) is 4.95. The molecule has 0 aliphatic heterocycles. The van der Waals surface area contributed by atoms with E-state index in [-0.39, 0.29) is 5.60 Å². The average molecular weight is 251 g/mol. The minimum Gasteiger partial charge on any atom is -0.462 e. The second-order valence-electron chi connectivity index (χ2n) is 4.53. The van der Waals surface area contributed by atoms with Crippen LogP contribution in [0.25, 0.3) is 10.2 Å². The first-order chi connectivity index (χ1) is 7.92. The van der Waals surface area contributed by atoms with Gasteiger partial charge in [0.25, 0.3) is 6.47 Å². The third-order valence-corrected chi connectivity index (χ3v) is 2.75. The number of nitrogens with zero attached hydrogens (tertiary/aromatic N) is 1. The zero-order chi connectivity index (χ0) is 12.9. The molecule has 0 aliphatic carbocycles. The second-order valence-corrected chi connectivity index (χ2v) is 5.76. The molecule has 0 saturated heterocycles. The van der Waals surface area contributed by atoms with Crippen LogP contribution >= 0.6 is 11.3 Å². The van der Waals surface area contributed by atoms with E-state index in [9.17, 15) is 4.79 Å². The van der Waals surface area contributed by atoms with Crippen LogP contribution in [-0.4, -0.2) is 17.1 Å². The van der Waals surface area contributed by atoms with Crippen molar-refractivity contribution in [3.63, 3.8) is 0 Å². The lowest BCUT2D eigenvalue weighted by Crippen LogP contribution is -2.17. The summed E-state index contributed by atoms with van der Waals surface area (Å²) in [6, 6.07) is 8.19. The Kier molecular flexibility index (Phi) is 4.63. The maximum Gasteiger partial charge on any atom is 0.293 e. The molecule has 92 valence electrons. The number of ether oxygens (including phenoxy) is 1. The van der Waals surface area contributed by atoms with Gasteiger partial charge in [0.1, 0.15) is 5.60 Å². The van der Waals surface area contributed by atoms with Crippen LogP contribution in [0.2, 0.25) is 0 Å². The van der Waals surface area contributed by atoms with Crippen LogP contribution in [0, 0.1) is 6.92 Å². The summed E-state index contributed by atoms with van der Waals surface area (Å²) in [5, 5.41) is 1.14. The number of aromatic nitrogens is 1. The zero-order valence-electron chi connectivity index (χ0n) is 10.6. The van der Waals surface area contributed by atoms with Gasteiger partial charge in [-0.15, -0.1) is 11.3 Å². The SMILES string of the molecule is CC(C)(C)OC=O.Cc1nc2ccccc2s1. The summed E-state index contributed by atoms with van der Waals surface area (Å²) in [6.07, 6.45) is 0. The van der Waals surface area contributed by atoms with Crippen LogP contribution in [0.4, 0.5) is 0 Å². The highest BCUT2D eigenvalue weighted by Gasteiger charge is 2.07. The van der Waals surface area contributed by atoms with Crippen LogP contribution in [0.5, 0.6) is 0 Å². The van der Waals surface area contributed by atoms with Gasteiger partial charge in [0, 0.05) is 0 Å². The van der Waals surface area contributed by atoms with E-state index in [1.165, 1.54) is 4.70 Å². The number of carbonyl (C=O) groups excluding carboxylic acids is 1. The summed E-state index contributed by atoms with van der Waals surface area (Å²) in [6.45, 7) is 7.95. The number of para-hydroxylation sites is 1. The van der Waals surface area contributed by atoms with Crippen LogP contribution in [0.15, 0.2) is 24.3 Å². The number of benzene rings is 1. The number of hydrogen-bond acceptors (Lipinski definition) is 4. The predicted molar refractivity (Wildman–Crippen MR) is 71.3 cm³/mol. The molecule has 0 N–H and O–H groups in total. The van der Waals surface area contributed by atoms with Gasteiger partial charge >= 0.3 is 0 Å². The highest BCUT2D eigenvalue weighted by atomic mass is 32.1. The fraction of sp³-hybridized carbons (Fsp3) is 0.385. The van der Waals surface area contributed by atoms with E-state index in [0.29, 0.717) is 6.47 Å². The van der Waals surface area contributed by atoms with Crippen molar-refractivity contribution in [2.75, 3.05) is 0 Å². The van der Waals surface area contributed by atoms with Crippen molar-refractivity contribution in [3.8, 4) is 0 Å². The van der Waals surface area contributed by atoms with Crippen molar-refractivity contribution in [2.24, 2.45) is 0 Å². The number of hydrogen-bond donors (Lipinski definition) is 0. The van der Waals surface area contributed by atoms with E-state index in [0.717, 1.165) is 10.5 Å². The Morgan fingerprint density at radius 2 is 1.94 bits per heavy atom. The van der Waals surface area contributed by atoms with Crippen molar-refractivity contribution in [1.82, 2.24) is 4.98 Å². The van der Waals surface area contributed by atoms with Crippen LogP contribution < -0.4 is 0 Å². The molecule has 4 heteroatoms. The lowest BCUT2D eigenvalue weighted by molar-refractivity contribution is -0.138. The van der Waals surface area contributed by atoms with Gasteiger partial charge in [-0.2, -0.15) is 0 Å². The maximum absolute atomic E-state index is 9.60. The zero-order valence-corrected chi connectivity index (χ0v) is 11.4. The molecule has 0 fully saturated rings. The van der Waals surface area contributed by atoms with Gasteiger partial charge < -0.3 is 4.74 Å². The highest BCUT2D eigenvalue weighted by molar-refractivity contribution is 7.18. The number of fused-ring (bicyclic) bond motifs is 1. The van der Waals surface area contributed by atoms with Crippen molar-refractivity contribution in [1.29, 1.82) is 0 Å². The van der Waals surface area contributed by atoms with Crippen molar-refractivity contribution in [3.05, 3.63) is 29.3 Å². The summed E-state index contributed by atoms with van der Waals surface area (Å²) >= 11 is 1.74. The number of carbonyl (C=O) groups is 1. The molecule has 0 atom stereocenters. The molecule has 0 bridgehead atoms. The van der Waals surface area contributed by atoms with Gasteiger partial charge in [0.15, 0.2) is 0 Å². The molecule has 0 unspecified atom stereocenters. The normalized spacial score (nSPS) is 10.6. The molecule has 17 heavy (non-hydrogen) atoms. The molecule has 0 amide bonds. The monoisotopic (exact) mass is 251 g/mol. The molecule has 3 nitrogen and oxygen atoms in total. The van der Waals surface area contributed by atoms with Gasteiger partial charge in [-0.05, 0) is 39.8 Å². The summed E-state index contributed by atoms with van der Waals surface area (Å²) < 4.78 is 5.83. The average Bonchev–Trinajstić information content (AvgIpc) is 2.56. The Morgan fingerprint density at radius 1 is 1.29 bits per heavy atom. The molecule has 2 rings (SSSR count). The first-order valence-electron chi connectivity index (χ1n) is 5.36. The van der Waals surface area contributed by atoms with Crippen LogP contribution in [0.1, 0.15) is 25.8 Å². The van der Waals surface area contributed by atoms with E-state index >= 15 is 0 Å². The lowest BCUT2D eigenvalue weighted by Gasteiger charge is -2.14. The third-order valence-electron chi connectivity index (χ3n) is 1.80. The molecule has 0 aliphatic rings. The summed E-state index contributed by atoms with van der Waals surface area (Å²) in [4.78, 5) is 13.9. The summed E-state index contributed by atoms with van der Waals surface area (Å²) in [5.74, 6) is 0. The van der Waals surface area contributed by atoms with Crippen molar-refractivity contribution >= 4 is 28.0 Å². The topological polar surface area (TPSA) is 39.2 Å². The molecule has 1 heterocycles. The number of thiazole rings is 1. The van der Waals surface area contributed by atoms with E-state index < -0.39 is 0 Å².